The van der Waals surface area contributed by atoms with Crippen LogP contribution in [0.15, 0.2) is 0 Å². The third kappa shape index (κ3) is 6.71. The summed E-state index contributed by atoms with van der Waals surface area (Å²) in [5.74, 6) is -0.708. The van der Waals surface area contributed by atoms with Crippen LogP contribution in [0.25, 0.3) is 0 Å². The van der Waals surface area contributed by atoms with Gasteiger partial charge in [0.15, 0.2) is 0 Å². The van der Waals surface area contributed by atoms with Crippen molar-refractivity contribution in [3.05, 3.63) is 0 Å². The highest BCUT2D eigenvalue weighted by Gasteiger charge is 2.37. The molecule has 0 aromatic carbocycles. The van der Waals surface area contributed by atoms with Crippen molar-refractivity contribution in [2.45, 2.75) is 76.8 Å². The van der Waals surface area contributed by atoms with Crippen LogP contribution in [0.5, 0.6) is 0 Å². The molecule has 2 N–H and O–H groups in total. The van der Waals surface area contributed by atoms with Gasteiger partial charge in [0.25, 0.3) is 0 Å². The summed E-state index contributed by atoms with van der Waals surface area (Å²) < 4.78 is 0. The summed E-state index contributed by atoms with van der Waals surface area (Å²) in [6.07, 6.45) is 8.86. The number of nitrogens with one attached hydrogen (secondary N) is 1. The Labute approximate surface area is 123 Å². The van der Waals surface area contributed by atoms with Crippen molar-refractivity contribution in [3.63, 3.8) is 0 Å². The maximum absolute atomic E-state index is 11.4. The van der Waals surface area contributed by atoms with E-state index in [1.807, 2.05) is 6.92 Å². The largest absolute Gasteiger partial charge is 0.480 e. The molecule has 1 rings (SSSR count). The number of carboxylic acid groups (broad SMARTS) is 1. The summed E-state index contributed by atoms with van der Waals surface area (Å²) in [5, 5.41) is 12.7. The van der Waals surface area contributed by atoms with Gasteiger partial charge in [-0.25, -0.2) is 0 Å². The molecule has 118 valence electrons. The summed E-state index contributed by atoms with van der Waals surface area (Å²) in [6, 6.07) is 0.438. The van der Waals surface area contributed by atoms with Gasteiger partial charge in [-0.15, -0.1) is 0 Å². The zero-order chi connectivity index (χ0) is 15.0. The van der Waals surface area contributed by atoms with Crippen LogP contribution in [0, 0.1) is 0 Å². The summed E-state index contributed by atoms with van der Waals surface area (Å²) in [4.78, 5) is 13.8. The van der Waals surface area contributed by atoms with E-state index in [2.05, 4.69) is 24.2 Å². The second kappa shape index (κ2) is 8.63. The van der Waals surface area contributed by atoms with Gasteiger partial charge in [0, 0.05) is 6.04 Å². The minimum Gasteiger partial charge on any atom is -0.480 e. The molecule has 4 heteroatoms. The molecule has 1 saturated carbocycles. The number of nitrogens with zero attached hydrogens (tertiary/aromatic N) is 1. The lowest BCUT2D eigenvalue weighted by molar-refractivity contribution is -0.144. The molecule has 0 bridgehead atoms. The van der Waals surface area contributed by atoms with E-state index in [4.69, 9.17) is 0 Å². The number of unbranched alkanes of at least 4 members (excludes halogenated alkanes) is 3. The van der Waals surface area contributed by atoms with Gasteiger partial charge in [0.05, 0.1) is 0 Å². The van der Waals surface area contributed by atoms with Gasteiger partial charge in [0.2, 0.25) is 0 Å². The molecule has 0 saturated heterocycles. The summed E-state index contributed by atoms with van der Waals surface area (Å²) in [6.45, 7) is 6.28. The van der Waals surface area contributed by atoms with Crippen molar-refractivity contribution in [1.29, 1.82) is 0 Å². The molecular formula is C16H32N2O2. The minimum atomic E-state index is -0.734. The topological polar surface area (TPSA) is 52.6 Å². The van der Waals surface area contributed by atoms with Crippen LogP contribution in [-0.2, 0) is 4.79 Å². The van der Waals surface area contributed by atoms with Crippen molar-refractivity contribution < 1.29 is 9.90 Å². The average molecular weight is 284 g/mol. The Balaban J connectivity index is 2.15. The third-order valence-corrected chi connectivity index (χ3v) is 4.18. The predicted molar refractivity (Wildman–Crippen MR) is 83.1 cm³/mol. The Morgan fingerprint density at radius 3 is 2.35 bits per heavy atom. The summed E-state index contributed by atoms with van der Waals surface area (Å²) in [7, 11) is 2.16. The molecule has 1 aliphatic carbocycles. The van der Waals surface area contributed by atoms with Crippen molar-refractivity contribution in [2.75, 3.05) is 20.1 Å². The highest BCUT2D eigenvalue weighted by Crippen LogP contribution is 2.25. The number of aliphatic carboxylic acids is 1. The van der Waals surface area contributed by atoms with E-state index in [1.165, 1.54) is 19.3 Å². The number of carboxylic acids is 1. The molecular weight excluding hydrogens is 252 g/mol. The normalized spacial score (nSPS) is 18.2. The van der Waals surface area contributed by atoms with Gasteiger partial charge in [-0.2, -0.15) is 0 Å². The number of hydrogen-bond acceptors (Lipinski definition) is 3. The fraction of sp³-hybridized carbons (Fsp3) is 0.938. The van der Waals surface area contributed by atoms with Gasteiger partial charge in [-0.3, -0.25) is 10.1 Å². The molecule has 0 spiro atoms. The molecule has 1 fully saturated rings. The van der Waals surface area contributed by atoms with E-state index < -0.39 is 11.5 Å². The second-order valence-electron chi connectivity index (χ2n) is 6.52. The van der Waals surface area contributed by atoms with Gasteiger partial charge in [0.1, 0.15) is 5.54 Å². The van der Waals surface area contributed by atoms with E-state index in [9.17, 15) is 9.90 Å². The van der Waals surface area contributed by atoms with E-state index >= 15 is 0 Å². The number of carbonyl (C=O) groups is 1. The van der Waals surface area contributed by atoms with Crippen LogP contribution >= 0.6 is 0 Å². The molecule has 0 aromatic rings. The van der Waals surface area contributed by atoms with Crippen LogP contribution in [-0.4, -0.2) is 47.7 Å². The van der Waals surface area contributed by atoms with Crippen molar-refractivity contribution >= 4 is 5.97 Å². The Morgan fingerprint density at radius 2 is 1.85 bits per heavy atom. The van der Waals surface area contributed by atoms with Crippen molar-refractivity contribution in [1.82, 2.24) is 10.2 Å². The molecule has 0 amide bonds. The van der Waals surface area contributed by atoms with Crippen LogP contribution < -0.4 is 5.32 Å². The monoisotopic (exact) mass is 284 g/mol. The van der Waals surface area contributed by atoms with Gasteiger partial charge >= 0.3 is 5.97 Å². The predicted octanol–water partition coefficient (Wildman–Crippen LogP) is 2.87. The Kier molecular flexibility index (Phi) is 7.52. The summed E-state index contributed by atoms with van der Waals surface area (Å²) in [5.41, 5.74) is -0.734. The Hall–Kier alpha value is -0.610. The Morgan fingerprint density at radius 1 is 1.25 bits per heavy atom. The van der Waals surface area contributed by atoms with Gasteiger partial charge < -0.3 is 10.0 Å². The smallest absolute Gasteiger partial charge is 0.323 e. The first kappa shape index (κ1) is 17.4. The SMILES string of the molecule is CCCCCN(C)CCCCC(C)(NC1CC1)C(=O)O. The maximum Gasteiger partial charge on any atom is 0.323 e. The molecule has 0 aromatic heterocycles. The maximum atomic E-state index is 11.4. The third-order valence-electron chi connectivity index (χ3n) is 4.18. The second-order valence-corrected chi connectivity index (χ2v) is 6.52. The van der Waals surface area contributed by atoms with E-state index in [0.29, 0.717) is 6.04 Å². The molecule has 0 heterocycles. The molecule has 1 atom stereocenters. The highest BCUT2D eigenvalue weighted by molar-refractivity contribution is 5.78. The van der Waals surface area contributed by atoms with Gasteiger partial charge in [-0.05, 0) is 65.6 Å². The van der Waals surface area contributed by atoms with Crippen LogP contribution in [0.4, 0.5) is 0 Å². The van der Waals surface area contributed by atoms with Crippen LogP contribution in [0.2, 0.25) is 0 Å². The highest BCUT2D eigenvalue weighted by atomic mass is 16.4. The molecule has 20 heavy (non-hydrogen) atoms. The minimum absolute atomic E-state index is 0.438. The zero-order valence-electron chi connectivity index (χ0n) is 13.5. The molecule has 0 radical (unpaired) electrons. The van der Waals surface area contributed by atoms with Crippen molar-refractivity contribution in [2.24, 2.45) is 0 Å². The lowest BCUT2D eigenvalue weighted by atomic mass is 9.94. The van der Waals surface area contributed by atoms with E-state index in [1.54, 1.807) is 0 Å². The molecule has 0 aliphatic heterocycles. The molecule has 1 aliphatic rings. The molecule has 4 nitrogen and oxygen atoms in total. The average Bonchev–Trinajstić information content (AvgIpc) is 3.18. The fourth-order valence-electron chi connectivity index (χ4n) is 2.52. The first-order valence-corrected chi connectivity index (χ1v) is 8.17. The zero-order valence-corrected chi connectivity index (χ0v) is 13.5. The van der Waals surface area contributed by atoms with Crippen LogP contribution in [0.1, 0.15) is 65.2 Å². The van der Waals surface area contributed by atoms with Crippen molar-refractivity contribution in [3.8, 4) is 0 Å². The first-order chi connectivity index (χ1) is 9.48. The van der Waals surface area contributed by atoms with E-state index in [-0.39, 0.29) is 0 Å². The lowest BCUT2D eigenvalue weighted by Gasteiger charge is -2.27. The standard InChI is InChI=1S/C16H32N2O2/c1-4-5-7-12-18(3)13-8-6-11-16(2,15(19)20)17-14-9-10-14/h14,17H,4-13H2,1-3H3,(H,19,20). The Bertz CT molecular complexity index is 292. The first-order valence-electron chi connectivity index (χ1n) is 8.17. The van der Waals surface area contributed by atoms with Gasteiger partial charge in [-0.1, -0.05) is 19.8 Å². The van der Waals surface area contributed by atoms with Crippen LogP contribution in [0.3, 0.4) is 0 Å². The number of rotatable bonds is 12. The molecule has 1 unspecified atom stereocenters. The fourth-order valence-corrected chi connectivity index (χ4v) is 2.52. The van der Waals surface area contributed by atoms with E-state index in [0.717, 1.165) is 45.2 Å². The number of hydrogen-bond donors (Lipinski definition) is 2. The summed E-state index contributed by atoms with van der Waals surface area (Å²) >= 11 is 0. The quantitative estimate of drug-likeness (QED) is 0.541. The lowest BCUT2D eigenvalue weighted by Crippen LogP contribution is -2.50.